The molecule has 1 heterocycles. The molecule has 0 atom stereocenters. The summed E-state index contributed by atoms with van der Waals surface area (Å²) in [6.45, 7) is 6.33. The topological polar surface area (TPSA) is 65.4 Å². The zero-order chi connectivity index (χ0) is 20.1. The standard InChI is InChI=1S/C22H22FN3O2/c1-15-3-5-19(11-16(15)2)25-22(27)18(14-24)12-17-4-6-21(20(23)13-17)26-7-9-28-10-8-26/h3-6,11-13H,7-10H2,1-2H3,(H,25,27)/b18-12-. The molecule has 0 bridgehead atoms. The van der Waals surface area contributed by atoms with E-state index in [9.17, 15) is 14.4 Å². The molecule has 144 valence electrons. The Morgan fingerprint density at radius 2 is 1.93 bits per heavy atom. The van der Waals surface area contributed by atoms with Crippen molar-refractivity contribution >= 4 is 23.4 Å². The molecule has 6 heteroatoms. The molecule has 1 fully saturated rings. The van der Waals surface area contributed by atoms with Gasteiger partial charge in [-0.2, -0.15) is 5.26 Å². The Balaban J connectivity index is 1.77. The normalized spacial score (nSPS) is 14.5. The molecule has 1 amide bonds. The number of amides is 1. The predicted molar refractivity (Wildman–Crippen MR) is 108 cm³/mol. The first-order chi connectivity index (χ1) is 13.5. The van der Waals surface area contributed by atoms with Crippen LogP contribution >= 0.6 is 0 Å². The third-order valence-corrected chi connectivity index (χ3v) is 4.76. The van der Waals surface area contributed by atoms with E-state index in [1.54, 1.807) is 18.2 Å². The fraction of sp³-hybridized carbons (Fsp3) is 0.273. The lowest BCUT2D eigenvalue weighted by atomic mass is 10.1. The molecule has 0 aromatic heterocycles. The van der Waals surface area contributed by atoms with Gasteiger partial charge >= 0.3 is 0 Å². The molecule has 2 aromatic rings. The van der Waals surface area contributed by atoms with Gasteiger partial charge in [-0.1, -0.05) is 12.1 Å². The van der Waals surface area contributed by atoms with Crippen molar-refractivity contribution in [2.24, 2.45) is 0 Å². The van der Waals surface area contributed by atoms with Crippen LogP contribution in [0.3, 0.4) is 0 Å². The van der Waals surface area contributed by atoms with Crippen LogP contribution in [0.1, 0.15) is 16.7 Å². The number of nitrogens with zero attached hydrogens (tertiary/aromatic N) is 2. The molecule has 1 N–H and O–H groups in total. The number of carbonyl (C=O) groups is 1. The Morgan fingerprint density at radius 1 is 1.18 bits per heavy atom. The highest BCUT2D eigenvalue weighted by atomic mass is 19.1. The molecule has 0 radical (unpaired) electrons. The van der Waals surface area contributed by atoms with E-state index in [2.05, 4.69) is 5.32 Å². The van der Waals surface area contributed by atoms with E-state index in [1.807, 2.05) is 36.9 Å². The van der Waals surface area contributed by atoms with Gasteiger partial charge in [0.2, 0.25) is 0 Å². The van der Waals surface area contributed by atoms with Crippen LogP contribution in [-0.2, 0) is 9.53 Å². The maximum absolute atomic E-state index is 14.5. The van der Waals surface area contributed by atoms with E-state index in [-0.39, 0.29) is 11.4 Å². The Kier molecular flexibility index (Phi) is 6.07. The zero-order valence-electron chi connectivity index (χ0n) is 16.0. The molecule has 0 unspecified atom stereocenters. The Morgan fingerprint density at radius 3 is 2.57 bits per heavy atom. The van der Waals surface area contributed by atoms with E-state index < -0.39 is 5.91 Å². The molecule has 2 aromatic carbocycles. The maximum Gasteiger partial charge on any atom is 0.266 e. The van der Waals surface area contributed by atoms with Crippen LogP contribution in [0.4, 0.5) is 15.8 Å². The molecule has 1 aliphatic heterocycles. The number of rotatable bonds is 4. The van der Waals surface area contributed by atoms with Crippen LogP contribution in [0.5, 0.6) is 0 Å². The molecule has 0 saturated carbocycles. The number of hydrogen-bond acceptors (Lipinski definition) is 4. The first-order valence-corrected chi connectivity index (χ1v) is 9.10. The van der Waals surface area contributed by atoms with Crippen molar-refractivity contribution in [3.05, 3.63) is 64.5 Å². The number of carbonyl (C=O) groups excluding carboxylic acids is 1. The molecule has 1 aliphatic rings. The highest BCUT2D eigenvalue weighted by Gasteiger charge is 2.16. The Labute approximate surface area is 164 Å². The van der Waals surface area contributed by atoms with Crippen LogP contribution in [0.2, 0.25) is 0 Å². The van der Waals surface area contributed by atoms with E-state index >= 15 is 0 Å². The highest BCUT2D eigenvalue weighted by Crippen LogP contribution is 2.23. The van der Waals surface area contributed by atoms with E-state index in [4.69, 9.17) is 4.74 Å². The second-order valence-electron chi connectivity index (χ2n) is 6.73. The first kappa shape index (κ1) is 19.6. The fourth-order valence-electron chi connectivity index (χ4n) is 3.01. The van der Waals surface area contributed by atoms with Crippen LogP contribution in [0.25, 0.3) is 6.08 Å². The average Bonchev–Trinajstić information content (AvgIpc) is 2.69. The average molecular weight is 379 g/mol. The van der Waals surface area contributed by atoms with Crippen LogP contribution in [-0.4, -0.2) is 32.2 Å². The second kappa shape index (κ2) is 8.68. The minimum absolute atomic E-state index is 0.0863. The molecule has 28 heavy (non-hydrogen) atoms. The van der Waals surface area contributed by atoms with Crippen molar-refractivity contribution in [3.63, 3.8) is 0 Å². The zero-order valence-corrected chi connectivity index (χ0v) is 16.0. The van der Waals surface area contributed by atoms with E-state index in [0.717, 1.165) is 11.1 Å². The molecule has 0 aliphatic carbocycles. The molecule has 1 saturated heterocycles. The van der Waals surface area contributed by atoms with E-state index in [1.165, 1.54) is 12.1 Å². The summed E-state index contributed by atoms with van der Waals surface area (Å²) in [7, 11) is 0. The maximum atomic E-state index is 14.5. The number of nitriles is 1. The number of benzene rings is 2. The summed E-state index contributed by atoms with van der Waals surface area (Å²) in [6, 6.07) is 12.1. The summed E-state index contributed by atoms with van der Waals surface area (Å²) in [4.78, 5) is 14.3. The van der Waals surface area contributed by atoms with Gasteiger partial charge in [0.05, 0.1) is 18.9 Å². The first-order valence-electron chi connectivity index (χ1n) is 9.10. The fourth-order valence-corrected chi connectivity index (χ4v) is 3.01. The molecule has 3 rings (SSSR count). The van der Waals surface area contributed by atoms with Crippen LogP contribution in [0.15, 0.2) is 42.0 Å². The minimum Gasteiger partial charge on any atom is -0.378 e. The van der Waals surface area contributed by atoms with Crippen molar-refractivity contribution in [2.75, 3.05) is 36.5 Å². The Hall–Kier alpha value is -3.17. The van der Waals surface area contributed by atoms with Crippen molar-refractivity contribution < 1.29 is 13.9 Å². The lowest BCUT2D eigenvalue weighted by molar-refractivity contribution is -0.112. The summed E-state index contributed by atoms with van der Waals surface area (Å²) in [6.07, 6.45) is 1.39. The molecular weight excluding hydrogens is 357 g/mol. The van der Waals surface area contributed by atoms with Crippen LogP contribution < -0.4 is 10.2 Å². The van der Waals surface area contributed by atoms with Crippen molar-refractivity contribution in [2.45, 2.75) is 13.8 Å². The molecular formula is C22H22FN3O2. The van der Waals surface area contributed by atoms with Gasteiger partial charge in [-0.25, -0.2) is 4.39 Å². The summed E-state index contributed by atoms with van der Waals surface area (Å²) in [5, 5.41) is 12.1. The number of aryl methyl sites for hydroxylation is 2. The van der Waals surface area contributed by atoms with Crippen molar-refractivity contribution in [1.29, 1.82) is 5.26 Å². The largest absolute Gasteiger partial charge is 0.378 e. The smallest absolute Gasteiger partial charge is 0.266 e. The quantitative estimate of drug-likeness (QED) is 0.648. The summed E-state index contributed by atoms with van der Waals surface area (Å²) < 4.78 is 19.8. The van der Waals surface area contributed by atoms with Gasteiger partial charge in [-0.05, 0) is 60.9 Å². The lowest BCUT2D eigenvalue weighted by Gasteiger charge is -2.29. The highest BCUT2D eigenvalue weighted by molar-refractivity contribution is 6.09. The SMILES string of the molecule is Cc1ccc(NC(=O)/C(C#N)=C\c2ccc(N3CCOCC3)c(F)c2)cc1C. The van der Waals surface area contributed by atoms with Crippen molar-refractivity contribution in [1.82, 2.24) is 0 Å². The minimum atomic E-state index is -0.525. The van der Waals surface area contributed by atoms with Gasteiger partial charge in [-0.3, -0.25) is 4.79 Å². The van der Waals surface area contributed by atoms with Gasteiger partial charge < -0.3 is 15.0 Å². The predicted octanol–water partition coefficient (Wildman–Crippen LogP) is 3.82. The molecule has 0 spiro atoms. The van der Waals surface area contributed by atoms with Gasteiger partial charge in [0.25, 0.3) is 5.91 Å². The third-order valence-electron chi connectivity index (χ3n) is 4.76. The van der Waals surface area contributed by atoms with Gasteiger partial charge in [0.15, 0.2) is 0 Å². The number of halogens is 1. The van der Waals surface area contributed by atoms with Crippen molar-refractivity contribution in [3.8, 4) is 6.07 Å². The number of anilines is 2. The number of morpholine rings is 1. The second-order valence-corrected chi connectivity index (χ2v) is 6.73. The molecule has 5 nitrogen and oxygen atoms in total. The number of nitrogens with one attached hydrogen (secondary N) is 1. The summed E-state index contributed by atoms with van der Waals surface area (Å²) in [5.74, 6) is -0.911. The monoisotopic (exact) mass is 379 g/mol. The van der Waals surface area contributed by atoms with E-state index in [0.29, 0.717) is 43.2 Å². The third kappa shape index (κ3) is 4.56. The van der Waals surface area contributed by atoms with Gasteiger partial charge in [0.1, 0.15) is 17.5 Å². The number of hydrogen-bond donors (Lipinski definition) is 1. The summed E-state index contributed by atoms with van der Waals surface area (Å²) in [5.41, 5.74) is 3.64. The summed E-state index contributed by atoms with van der Waals surface area (Å²) >= 11 is 0. The number of ether oxygens (including phenoxy) is 1. The van der Waals surface area contributed by atoms with Gasteiger partial charge in [-0.15, -0.1) is 0 Å². The van der Waals surface area contributed by atoms with Gasteiger partial charge in [0, 0.05) is 18.8 Å². The Bertz CT molecular complexity index is 957. The van der Waals surface area contributed by atoms with Crippen LogP contribution in [0, 0.1) is 31.0 Å². The lowest BCUT2D eigenvalue weighted by Crippen LogP contribution is -2.36.